The van der Waals surface area contributed by atoms with Crippen LogP contribution < -0.4 is 10.6 Å². The fourth-order valence-electron chi connectivity index (χ4n) is 1.49. The van der Waals surface area contributed by atoms with Gasteiger partial charge < -0.3 is 15.7 Å². The molecule has 1 atom stereocenters. The Kier molecular flexibility index (Phi) is 4.89. The van der Waals surface area contributed by atoms with E-state index in [9.17, 15) is 9.59 Å². The fourth-order valence-corrected chi connectivity index (χ4v) is 1.49. The molecule has 0 heterocycles. The van der Waals surface area contributed by atoms with E-state index in [1.54, 1.807) is 32.0 Å². The van der Waals surface area contributed by atoms with Gasteiger partial charge in [-0.3, -0.25) is 0 Å². The second-order valence-electron chi connectivity index (χ2n) is 4.35. The number of carboxylic acid groups (broad SMARTS) is 1. The van der Waals surface area contributed by atoms with Crippen molar-refractivity contribution >= 4 is 17.7 Å². The van der Waals surface area contributed by atoms with Crippen LogP contribution >= 0.6 is 0 Å². The highest BCUT2D eigenvalue weighted by atomic mass is 16.4. The topological polar surface area (TPSA) is 102 Å². The Bertz CT molecular complexity index is 520. The van der Waals surface area contributed by atoms with Crippen LogP contribution in [0.2, 0.25) is 0 Å². The van der Waals surface area contributed by atoms with Crippen molar-refractivity contribution in [2.45, 2.75) is 19.9 Å². The Morgan fingerprint density at radius 3 is 2.58 bits per heavy atom. The highest BCUT2D eigenvalue weighted by molar-refractivity contribution is 5.92. The summed E-state index contributed by atoms with van der Waals surface area (Å²) in [6.07, 6.45) is 0. The van der Waals surface area contributed by atoms with Gasteiger partial charge in [0, 0.05) is 5.69 Å². The lowest BCUT2D eigenvalue weighted by molar-refractivity contribution is -0.140. The molecule has 0 spiro atoms. The van der Waals surface area contributed by atoms with Gasteiger partial charge in [0.25, 0.3) is 0 Å². The molecular formula is C13H15N3O3. The standard InChI is InChI=1S/C13H15N3O3/c1-8(2)11(12(17)18)16-13(19)15-10-5-3-4-9(6-10)7-14/h3-6,8,11H,1-2H3,(H,17,18)(H2,15,16,19)/t11-/m1/s1. The molecule has 0 aliphatic carbocycles. The number of carboxylic acids is 1. The largest absolute Gasteiger partial charge is 0.480 e. The maximum absolute atomic E-state index is 11.7. The van der Waals surface area contributed by atoms with Crippen LogP contribution in [0.25, 0.3) is 0 Å². The molecule has 0 aromatic heterocycles. The summed E-state index contributed by atoms with van der Waals surface area (Å²) in [5, 5.41) is 22.5. The minimum Gasteiger partial charge on any atom is -0.480 e. The van der Waals surface area contributed by atoms with E-state index in [1.165, 1.54) is 6.07 Å². The normalized spacial score (nSPS) is 11.5. The van der Waals surface area contributed by atoms with E-state index in [0.29, 0.717) is 11.3 Å². The van der Waals surface area contributed by atoms with E-state index >= 15 is 0 Å². The van der Waals surface area contributed by atoms with Crippen LogP contribution in [0.15, 0.2) is 24.3 Å². The van der Waals surface area contributed by atoms with E-state index in [1.807, 2.05) is 6.07 Å². The van der Waals surface area contributed by atoms with Gasteiger partial charge in [-0.05, 0) is 24.1 Å². The number of hydrogen-bond acceptors (Lipinski definition) is 3. The van der Waals surface area contributed by atoms with Gasteiger partial charge in [0.15, 0.2) is 0 Å². The molecule has 100 valence electrons. The van der Waals surface area contributed by atoms with E-state index in [2.05, 4.69) is 10.6 Å². The number of hydrogen-bond donors (Lipinski definition) is 3. The first-order chi connectivity index (χ1) is 8.93. The smallest absolute Gasteiger partial charge is 0.326 e. The summed E-state index contributed by atoms with van der Waals surface area (Å²) in [7, 11) is 0. The number of aliphatic carboxylic acids is 1. The second-order valence-corrected chi connectivity index (χ2v) is 4.35. The summed E-state index contributed by atoms with van der Waals surface area (Å²) >= 11 is 0. The SMILES string of the molecule is CC(C)[C@@H](NC(=O)Nc1cccc(C#N)c1)C(=O)O. The van der Waals surface area contributed by atoms with Crippen LogP contribution in [-0.2, 0) is 4.79 Å². The monoisotopic (exact) mass is 261 g/mol. The number of urea groups is 1. The summed E-state index contributed by atoms with van der Waals surface area (Å²) in [5.74, 6) is -1.32. The van der Waals surface area contributed by atoms with Crippen LogP contribution in [0.3, 0.4) is 0 Å². The number of benzene rings is 1. The number of rotatable bonds is 4. The molecule has 1 aromatic rings. The number of nitrogens with zero attached hydrogens (tertiary/aromatic N) is 1. The number of carbonyl (C=O) groups is 2. The molecule has 6 nitrogen and oxygen atoms in total. The molecule has 3 N–H and O–H groups in total. The zero-order chi connectivity index (χ0) is 14.4. The van der Waals surface area contributed by atoms with Gasteiger partial charge >= 0.3 is 12.0 Å². The molecule has 19 heavy (non-hydrogen) atoms. The third-order valence-electron chi connectivity index (χ3n) is 2.47. The van der Waals surface area contributed by atoms with Gasteiger partial charge in [-0.2, -0.15) is 5.26 Å². The molecule has 0 radical (unpaired) electrons. The Morgan fingerprint density at radius 1 is 1.37 bits per heavy atom. The Labute approximate surface area is 111 Å². The van der Waals surface area contributed by atoms with E-state index in [0.717, 1.165) is 0 Å². The molecule has 0 saturated carbocycles. The summed E-state index contributed by atoms with van der Waals surface area (Å²) in [6.45, 7) is 3.41. The van der Waals surface area contributed by atoms with E-state index < -0.39 is 18.0 Å². The first-order valence-electron chi connectivity index (χ1n) is 5.74. The van der Waals surface area contributed by atoms with Gasteiger partial charge in [0.1, 0.15) is 6.04 Å². The van der Waals surface area contributed by atoms with Crippen molar-refractivity contribution in [1.82, 2.24) is 5.32 Å². The van der Waals surface area contributed by atoms with Crippen molar-refractivity contribution in [2.24, 2.45) is 5.92 Å². The molecule has 0 fully saturated rings. The molecule has 1 aromatic carbocycles. The molecule has 0 saturated heterocycles. The molecule has 0 unspecified atom stereocenters. The summed E-state index contributed by atoms with van der Waals surface area (Å²) in [6, 6.07) is 6.74. The van der Waals surface area contributed by atoms with Gasteiger partial charge in [-0.1, -0.05) is 19.9 Å². The molecule has 0 aliphatic rings. The Morgan fingerprint density at radius 2 is 2.05 bits per heavy atom. The molecule has 2 amide bonds. The van der Waals surface area contributed by atoms with Crippen molar-refractivity contribution in [3.8, 4) is 6.07 Å². The van der Waals surface area contributed by atoms with Gasteiger partial charge in [-0.15, -0.1) is 0 Å². The second kappa shape index (κ2) is 6.40. The van der Waals surface area contributed by atoms with Crippen LogP contribution in [-0.4, -0.2) is 23.1 Å². The third-order valence-corrected chi connectivity index (χ3v) is 2.47. The quantitative estimate of drug-likeness (QED) is 0.768. The molecule has 6 heteroatoms. The van der Waals surface area contributed by atoms with Crippen LogP contribution in [0.1, 0.15) is 19.4 Å². The number of anilines is 1. The van der Waals surface area contributed by atoms with Gasteiger partial charge in [0.2, 0.25) is 0 Å². The first kappa shape index (κ1) is 14.5. The van der Waals surface area contributed by atoms with Crippen LogP contribution in [0, 0.1) is 17.2 Å². The average Bonchev–Trinajstić information content (AvgIpc) is 2.35. The lowest BCUT2D eigenvalue weighted by Crippen LogP contribution is -2.46. The van der Waals surface area contributed by atoms with Crippen molar-refractivity contribution in [3.05, 3.63) is 29.8 Å². The number of carbonyl (C=O) groups excluding carboxylic acids is 1. The molecule has 1 rings (SSSR count). The van der Waals surface area contributed by atoms with Crippen LogP contribution in [0.4, 0.5) is 10.5 Å². The van der Waals surface area contributed by atoms with Crippen molar-refractivity contribution < 1.29 is 14.7 Å². The number of nitrogens with one attached hydrogen (secondary N) is 2. The summed E-state index contributed by atoms with van der Waals surface area (Å²) in [5.41, 5.74) is 0.848. The van der Waals surface area contributed by atoms with Crippen molar-refractivity contribution in [3.63, 3.8) is 0 Å². The number of amides is 2. The van der Waals surface area contributed by atoms with Crippen molar-refractivity contribution in [1.29, 1.82) is 5.26 Å². The molecule has 0 aliphatic heterocycles. The maximum Gasteiger partial charge on any atom is 0.326 e. The highest BCUT2D eigenvalue weighted by Gasteiger charge is 2.23. The van der Waals surface area contributed by atoms with E-state index in [4.69, 9.17) is 10.4 Å². The minimum atomic E-state index is -1.09. The lowest BCUT2D eigenvalue weighted by Gasteiger charge is -2.18. The summed E-state index contributed by atoms with van der Waals surface area (Å²) < 4.78 is 0. The third kappa shape index (κ3) is 4.32. The van der Waals surface area contributed by atoms with Gasteiger partial charge in [-0.25, -0.2) is 9.59 Å². The predicted octanol–water partition coefficient (Wildman–Crippen LogP) is 1.79. The first-order valence-corrected chi connectivity index (χ1v) is 5.74. The molecular weight excluding hydrogens is 246 g/mol. The Balaban J connectivity index is 2.69. The average molecular weight is 261 g/mol. The zero-order valence-corrected chi connectivity index (χ0v) is 10.7. The minimum absolute atomic E-state index is 0.228. The van der Waals surface area contributed by atoms with Crippen LogP contribution in [0.5, 0.6) is 0 Å². The predicted molar refractivity (Wildman–Crippen MR) is 69.6 cm³/mol. The molecule has 0 bridgehead atoms. The number of nitriles is 1. The fraction of sp³-hybridized carbons (Fsp3) is 0.308. The van der Waals surface area contributed by atoms with Crippen molar-refractivity contribution in [2.75, 3.05) is 5.32 Å². The zero-order valence-electron chi connectivity index (χ0n) is 10.7. The lowest BCUT2D eigenvalue weighted by atomic mass is 10.1. The van der Waals surface area contributed by atoms with Gasteiger partial charge in [0.05, 0.1) is 11.6 Å². The summed E-state index contributed by atoms with van der Waals surface area (Å²) in [4.78, 5) is 22.6. The highest BCUT2D eigenvalue weighted by Crippen LogP contribution is 2.10. The maximum atomic E-state index is 11.7. The van der Waals surface area contributed by atoms with E-state index in [-0.39, 0.29) is 5.92 Å². The Hall–Kier alpha value is -2.55.